The van der Waals surface area contributed by atoms with E-state index in [1.165, 1.54) is 29.3 Å². The average molecular weight is 327 g/mol. The second kappa shape index (κ2) is 5.47. The van der Waals surface area contributed by atoms with Crippen LogP contribution in [0.15, 0.2) is 48.8 Å². The summed E-state index contributed by atoms with van der Waals surface area (Å²) in [6.45, 7) is 0. The Morgan fingerprint density at radius 3 is 2.54 bits per heavy atom. The van der Waals surface area contributed by atoms with Gasteiger partial charge in [-0.3, -0.25) is 19.4 Å². The third kappa shape index (κ3) is 2.13. The molecule has 1 aromatic heterocycles. The molecule has 24 heavy (non-hydrogen) atoms. The van der Waals surface area contributed by atoms with Gasteiger partial charge in [-0.1, -0.05) is 6.07 Å². The van der Waals surface area contributed by atoms with Crippen molar-refractivity contribution >= 4 is 17.5 Å². The highest BCUT2D eigenvalue weighted by atomic mass is 19.1. The Morgan fingerprint density at radius 2 is 1.88 bits per heavy atom. The number of carbonyl (C=O) groups excluding carboxylic acids is 2. The lowest BCUT2D eigenvalue weighted by molar-refractivity contribution is -0.160. The highest BCUT2D eigenvalue weighted by molar-refractivity contribution is 6.23. The molecule has 1 aromatic carbocycles. The van der Waals surface area contributed by atoms with Gasteiger partial charge in [-0.05, 0) is 35.9 Å². The summed E-state index contributed by atoms with van der Waals surface area (Å²) in [4.78, 5) is 36.3. The first-order valence-electron chi connectivity index (χ1n) is 7.51. The summed E-state index contributed by atoms with van der Waals surface area (Å²) >= 11 is 0. The monoisotopic (exact) mass is 327 g/mol. The number of hydroxylamine groups is 2. The highest BCUT2D eigenvalue weighted by Gasteiger charge is 2.59. The Bertz CT molecular complexity index is 796. The number of pyridine rings is 1. The van der Waals surface area contributed by atoms with Crippen molar-refractivity contribution in [3.05, 3.63) is 60.2 Å². The van der Waals surface area contributed by atoms with E-state index in [-0.39, 0.29) is 5.91 Å². The number of rotatable bonds is 2. The van der Waals surface area contributed by atoms with E-state index in [4.69, 9.17) is 4.84 Å². The Morgan fingerprint density at radius 1 is 1.12 bits per heavy atom. The second-order valence-electron chi connectivity index (χ2n) is 5.82. The molecule has 2 aliphatic rings. The fourth-order valence-electron chi connectivity index (χ4n) is 3.36. The number of halogens is 1. The zero-order valence-corrected chi connectivity index (χ0v) is 12.8. The summed E-state index contributed by atoms with van der Waals surface area (Å²) in [5.41, 5.74) is 1.14. The molecule has 0 N–H and O–H groups in total. The summed E-state index contributed by atoms with van der Waals surface area (Å²) in [6, 6.07) is 8.48. The Hall–Kier alpha value is -2.64. The van der Waals surface area contributed by atoms with E-state index in [0.29, 0.717) is 5.69 Å². The third-order valence-corrected chi connectivity index (χ3v) is 4.42. The zero-order chi connectivity index (χ0) is 16.8. The molecule has 0 spiro atoms. The van der Waals surface area contributed by atoms with Crippen LogP contribution in [-0.4, -0.2) is 35.0 Å². The molecule has 0 radical (unpaired) electrons. The van der Waals surface area contributed by atoms with Crippen molar-refractivity contribution in [3.63, 3.8) is 0 Å². The van der Waals surface area contributed by atoms with Crippen LogP contribution >= 0.6 is 0 Å². The molecule has 3 atom stereocenters. The third-order valence-electron chi connectivity index (χ3n) is 4.42. The van der Waals surface area contributed by atoms with Crippen molar-refractivity contribution in [2.45, 2.75) is 12.1 Å². The molecule has 2 saturated heterocycles. The number of imide groups is 1. The first-order chi connectivity index (χ1) is 11.6. The van der Waals surface area contributed by atoms with E-state index in [1.807, 2.05) is 6.07 Å². The molecule has 7 heteroatoms. The minimum absolute atomic E-state index is 0.344. The van der Waals surface area contributed by atoms with Crippen molar-refractivity contribution in [1.29, 1.82) is 0 Å². The molecule has 0 unspecified atom stereocenters. The number of hydrogen-bond donors (Lipinski definition) is 0. The lowest BCUT2D eigenvalue weighted by Gasteiger charge is -2.23. The van der Waals surface area contributed by atoms with E-state index in [0.717, 1.165) is 10.5 Å². The molecule has 2 amide bonds. The Balaban J connectivity index is 1.72. The molecule has 122 valence electrons. The number of carbonyl (C=O) groups is 2. The van der Waals surface area contributed by atoms with Crippen LogP contribution in [0.25, 0.3) is 0 Å². The van der Waals surface area contributed by atoms with Crippen LogP contribution in [0.4, 0.5) is 10.1 Å². The summed E-state index contributed by atoms with van der Waals surface area (Å²) in [6.07, 6.45) is 2.42. The van der Waals surface area contributed by atoms with Gasteiger partial charge < -0.3 is 0 Å². The molecule has 2 aliphatic heterocycles. The van der Waals surface area contributed by atoms with Gasteiger partial charge in [0.15, 0.2) is 6.10 Å². The summed E-state index contributed by atoms with van der Waals surface area (Å²) < 4.78 is 13.1. The van der Waals surface area contributed by atoms with Crippen LogP contribution in [-0.2, 0) is 14.4 Å². The molecule has 0 saturated carbocycles. The molecule has 0 bridgehead atoms. The molecular weight excluding hydrogens is 313 g/mol. The van der Waals surface area contributed by atoms with Crippen LogP contribution in [0.2, 0.25) is 0 Å². The second-order valence-corrected chi connectivity index (χ2v) is 5.82. The summed E-state index contributed by atoms with van der Waals surface area (Å²) in [5.74, 6) is -1.87. The van der Waals surface area contributed by atoms with E-state index < -0.39 is 29.8 Å². The zero-order valence-electron chi connectivity index (χ0n) is 12.8. The molecule has 6 nitrogen and oxygen atoms in total. The first kappa shape index (κ1) is 14.9. The van der Waals surface area contributed by atoms with Gasteiger partial charge in [0.05, 0.1) is 17.6 Å². The molecule has 2 aromatic rings. The SMILES string of the molecule is CN1O[C@@H]2C(=O)N(c3ccc(F)cc3)C(=O)[C@H]2[C@@H]1c1cccnc1. The van der Waals surface area contributed by atoms with Crippen molar-refractivity contribution in [3.8, 4) is 0 Å². The van der Waals surface area contributed by atoms with Gasteiger partial charge in [0.1, 0.15) is 5.82 Å². The van der Waals surface area contributed by atoms with Gasteiger partial charge in [0, 0.05) is 19.4 Å². The molecular formula is C17H14FN3O3. The number of aromatic nitrogens is 1. The fraction of sp³-hybridized carbons (Fsp3) is 0.235. The number of anilines is 1. The predicted octanol–water partition coefficient (Wildman–Crippen LogP) is 1.70. The lowest BCUT2D eigenvalue weighted by Crippen LogP contribution is -2.36. The maximum atomic E-state index is 13.1. The van der Waals surface area contributed by atoms with Gasteiger partial charge in [-0.25, -0.2) is 9.29 Å². The number of hydrogen-bond acceptors (Lipinski definition) is 5. The number of nitrogens with zero attached hydrogens (tertiary/aromatic N) is 3. The van der Waals surface area contributed by atoms with E-state index >= 15 is 0 Å². The minimum atomic E-state index is -0.877. The van der Waals surface area contributed by atoms with Gasteiger partial charge >= 0.3 is 0 Å². The summed E-state index contributed by atoms with van der Waals surface area (Å²) in [7, 11) is 1.69. The standard InChI is InChI=1S/C17H14FN3O3/c1-20-14(10-3-2-8-19-9-10)13-15(24-20)17(23)21(16(13)22)12-6-4-11(18)5-7-12/h2-9,13-15H,1H3/t13-,14-,15-/m0/s1. The van der Waals surface area contributed by atoms with Gasteiger partial charge in [0.2, 0.25) is 5.91 Å². The van der Waals surface area contributed by atoms with Crippen molar-refractivity contribution in [2.24, 2.45) is 5.92 Å². The Labute approximate surface area is 137 Å². The quantitative estimate of drug-likeness (QED) is 0.786. The normalized spacial score (nSPS) is 26.9. The maximum Gasteiger partial charge on any atom is 0.265 e. The van der Waals surface area contributed by atoms with Crippen LogP contribution in [0.5, 0.6) is 0 Å². The van der Waals surface area contributed by atoms with E-state index in [1.54, 1.807) is 25.5 Å². The average Bonchev–Trinajstić information content (AvgIpc) is 3.05. The number of amides is 2. The fourth-order valence-corrected chi connectivity index (χ4v) is 3.36. The highest BCUT2D eigenvalue weighted by Crippen LogP contribution is 2.44. The van der Waals surface area contributed by atoms with Crippen LogP contribution in [0.3, 0.4) is 0 Å². The van der Waals surface area contributed by atoms with E-state index in [9.17, 15) is 14.0 Å². The lowest BCUT2D eigenvalue weighted by atomic mass is 9.92. The van der Waals surface area contributed by atoms with Gasteiger partial charge in [-0.15, -0.1) is 0 Å². The van der Waals surface area contributed by atoms with Gasteiger partial charge in [0.25, 0.3) is 5.91 Å². The Kier molecular flexibility index (Phi) is 3.40. The predicted molar refractivity (Wildman–Crippen MR) is 82.0 cm³/mol. The van der Waals surface area contributed by atoms with Crippen molar-refractivity contribution in [1.82, 2.24) is 10.0 Å². The number of fused-ring (bicyclic) bond motifs is 1. The van der Waals surface area contributed by atoms with E-state index in [2.05, 4.69) is 4.98 Å². The maximum absolute atomic E-state index is 13.1. The summed E-state index contributed by atoms with van der Waals surface area (Å²) in [5, 5.41) is 1.53. The van der Waals surface area contributed by atoms with Crippen LogP contribution < -0.4 is 4.90 Å². The van der Waals surface area contributed by atoms with Gasteiger partial charge in [-0.2, -0.15) is 5.06 Å². The smallest absolute Gasteiger partial charge is 0.265 e. The van der Waals surface area contributed by atoms with Crippen LogP contribution in [0, 0.1) is 11.7 Å². The molecule has 2 fully saturated rings. The van der Waals surface area contributed by atoms with Crippen molar-refractivity contribution < 1.29 is 18.8 Å². The molecule has 0 aliphatic carbocycles. The molecule has 3 heterocycles. The molecule has 4 rings (SSSR count). The topological polar surface area (TPSA) is 62.7 Å². The number of benzene rings is 1. The van der Waals surface area contributed by atoms with Crippen LogP contribution in [0.1, 0.15) is 11.6 Å². The minimum Gasteiger partial charge on any atom is -0.284 e. The first-order valence-corrected chi connectivity index (χ1v) is 7.51. The largest absolute Gasteiger partial charge is 0.284 e. The van der Waals surface area contributed by atoms with Crippen molar-refractivity contribution in [2.75, 3.05) is 11.9 Å².